The first kappa shape index (κ1) is 6.97. The fourth-order valence-corrected chi connectivity index (χ4v) is 1.11. The second-order valence-electron chi connectivity index (χ2n) is 3.00. The van der Waals surface area contributed by atoms with Crippen LogP contribution in [0.15, 0.2) is 0 Å². The molecule has 1 unspecified atom stereocenters. The second kappa shape index (κ2) is 1.93. The molecule has 9 heavy (non-hydrogen) atoms. The van der Waals surface area contributed by atoms with E-state index in [1.165, 1.54) is 0 Å². The average Bonchev–Trinajstić information content (AvgIpc) is 1.59. The Labute approximate surface area is 54.3 Å². The minimum Gasteiger partial charge on any atom is -0.207 e. The van der Waals surface area contributed by atoms with E-state index in [-0.39, 0.29) is 24.7 Å². The minimum atomic E-state index is -2.36. The third-order valence-corrected chi connectivity index (χ3v) is 1.93. The van der Waals surface area contributed by atoms with Gasteiger partial charge in [0.15, 0.2) is 0 Å². The molecule has 0 spiro atoms. The predicted molar refractivity (Wildman–Crippen MR) is 32.2 cm³/mol. The van der Waals surface area contributed by atoms with Gasteiger partial charge in [-0.15, -0.1) is 0 Å². The van der Waals surface area contributed by atoms with Crippen LogP contribution in [0, 0.1) is 18.8 Å². The van der Waals surface area contributed by atoms with Crippen LogP contribution in [-0.2, 0) is 0 Å². The molecule has 0 amide bonds. The van der Waals surface area contributed by atoms with Gasteiger partial charge < -0.3 is 0 Å². The summed E-state index contributed by atoms with van der Waals surface area (Å²) >= 11 is 0. The highest BCUT2D eigenvalue weighted by Gasteiger charge is 2.46. The lowest BCUT2D eigenvalue weighted by Gasteiger charge is -2.37. The molecule has 1 fully saturated rings. The lowest BCUT2D eigenvalue weighted by atomic mass is 9.74. The van der Waals surface area contributed by atoms with Gasteiger partial charge in [0.2, 0.25) is 5.92 Å². The first-order valence-electron chi connectivity index (χ1n) is 3.22. The van der Waals surface area contributed by atoms with Crippen LogP contribution >= 0.6 is 0 Å². The molecule has 0 aromatic carbocycles. The molecule has 1 rings (SSSR count). The molecule has 0 saturated heterocycles. The van der Waals surface area contributed by atoms with E-state index in [0.717, 1.165) is 0 Å². The summed E-state index contributed by atoms with van der Waals surface area (Å²) in [5.41, 5.74) is 0. The van der Waals surface area contributed by atoms with Gasteiger partial charge in [-0.2, -0.15) is 0 Å². The molecule has 0 aromatic heterocycles. The molecular weight excluding hydrogens is 122 g/mol. The molecule has 1 aliphatic rings. The summed E-state index contributed by atoms with van der Waals surface area (Å²) < 4.78 is 24.2. The van der Waals surface area contributed by atoms with Gasteiger partial charge in [-0.25, -0.2) is 8.78 Å². The maximum atomic E-state index is 12.1. The number of alkyl halides is 2. The Morgan fingerprint density at radius 1 is 1.56 bits per heavy atom. The highest BCUT2D eigenvalue weighted by atomic mass is 19.3. The van der Waals surface area contributed by atoms with Gasteiger partial charge in [-0.05, 0) is 11.8 Å². The summed E-state index contributed by atoms with van der Waals surface area (Å²) in [5.74, 6) is -2.01. The monoisotopic (exact) mass is 133 g/mol. The van der Waals surface area contributed by atoms with E-state index in [1.54, 1.807) is 0 Å². The molecule has 1 aliphatic carbocycles. The number of hydrogen-bond donors (Lipinski definition) is 0. The average molecular weight is 133 g/mol. The van der Waals surface area contributed by atoms with Crippen molar-refractivity contribution in [1.29, 1.82) is 0 Å². The molecular formula is C7H11F2. The fourth-order valence-electron chi connectivity index (χ4n) is 1.11. The Bertz CT molecular complexity index is 99.5. The predicted octanol–water partition coefficient (Wildman–Crippen LogP) is 2.50. The maximum Gasteiger partial charge on any atom is 0.248 e. The summed E-state index contributed by atoms with van der Waals surface area (Å²) in [5, 5.41) is 0. The molecule has 53 valence electrons. The molecule has 0 heterocycles. The van der Waals surface area contributed by atoms with E-state index in [0.29, 0.717) is 0 Å². The summed E-state index contributed by atoms with van der Waals surface area (Å²) in [6, 6.07) is 0. The molecule has 1 saturated carbocycles. The fraction of sp³-hybridized carbons (Fsp3) is 0.857. The van der Waals surface area contributed by atoms with Crippen molar-refractivity contribution in [2.45, 2.75) is 25.7 Å². The Kier molecular flexibility index (Phi) is 1.49. The van der Waals surface area contributed by atoms with Gasteiger partial charge in [0.1, 0.15) is 0 Å². The van der Waals surface area contributed by atoms with Gasteiger partial charge in [0.25, 0.3) is 0 Å². The molecule has 0 bridgehead atoms. The summed E-state index contributed by atoms with van der Waals surface area (Å²) in [6.45, 7) is 5.58. The van der Waals surface area contributed by atoms with E-state index in [9.17, 15) is 8.78 Å². The van der Waals surface area contributed by atoms with Crippen molar-refractivity contribution in [2.24, 2.45) is 11.8 Å². The van der Waals surface area contributed by atoms with E-state index in [2.05, 4.69) is 6.92 Å². The van der Waals surface area contributed by atoms with Gasteiger partial charge in [0, 0.05) is 12.8 Å². The van der Waals surface area contributed by atoms with Gasteiger partial charge in [-0.3, -0.25) is 0 Å². The summed E-state index contributed by atoms with van der Waals surface area (Å²) in [4.78, 5) is 0. The highest BCUT2D eigenvalue weighted by Crippen LogP contribution is 2.45. The zero-order chi connectivity index (χ0) is 7.07. The van der Waals surface area contributed by atoms with Crippen molar-refractivity contribution in [2.75, 3.05) is 0 Å². The SMILES string of the molecule is [CH2]C(C)C1CC(F)(F)C1. The minimum absolute atomic E-state index is 0.0532. The molecule has 1 atom stereocenters. The van der Waals surface area contributed by atoms with Crippen LogP contribution < -0.4 is 0 Å². The normalized spacial score (nSPS) is 26.3. The van der Waals surface area contributed by atoms with Crippen molar-refractivity contribution < 1.29 is 8.78 Å². The molecule has 1 radical (unpaired) electrons. The van der Waals surface area contributed by atoms with Crippen molar-refractivity contribution in [3.8, 4) is 0 Å². The Morgan fingerprint density at radius 2 is 2.00 bits per heavy atom. The van der Waals surface area contributed by atoms with E-state index < -0.39 is 5.92 Å². The van der Waals surface area contributed by atoms with Crippen LogP contribution in [0.3, 0.4) is 0 Å². The smallest absolute Gasteiger partial charge is 0.207 e. The third-order valence-electron chi connectivity index (χ3n) is 1.93. The zero-order valence-corrected chi connectivity index (χ0v) is 5.53. The van der Waals surface area contributed by atoms with Crippen molar-refractivity contribution in [3.05, 3.63) is 6.92 Å². The van der Waals surface area contributed by atoms with E-state index in [1.807, 2.05) is 6.92 Å². The van der Waals surface area contributed by atoms with Gasteiger partial charge in [-0.1, -0.05) is 13.8 Å². The number of hydrogen-bond acceptors (Lipinski definition) is 0. The van der Waals surface area contributed by atoms with Crippen LogP contribution in [0.1, 0.15) is 19.8 Å². The lowest BCUT2D eigenvalue weighted by Crippen LogP contribution is -2.38. The van der Waals surface area contributed by atoms with Crippen molar-refractivity contribution in [3.63, 3.8) is 0 Å². The number of halogens is 2. The lowest BCUT2D eigenvalue weighted by molar-refractivity contribution is -0.119. The molecule has 2 heteroatoms. The first-order chi connectivity index (χ1) is 4.01. The summed E-state index contributed by atoms with van der Waals surface area (Å²) in [6.07, 6.45) is 0.106. The molecule has 0 aromatic rings. The topological polar surface area (TPSA) is 0 Å². The Hall–Kier alpha value is -0.140. The quantitative estimate of drug-likeness (QED) is 0.515. The molecule has 0 nitrogen and oxygen atoms in total. The highest BCUT2D eigenvalue weighted by molar-refractivity contribution is 4.89. The Balaban J connectivity index is 2.27. The van der Waals surface area contributed by atoms with Crippen LogP contribution in [-0.4, -0.2) is 5.92 Å². The van der Waals surface area contributed by atoms with Gasteiger partial charge in [0.05, 0.1) is 0 Å². The number of rotatable bonds is 1. The van der Waals surface area contributed by atoms with Gasteiger partial charge >= 0.3 is 0 Å². The second-order valence-corrected chi connectivity index (χ2v) is 3.00. The van der Waals surface area contributed by atoms with Crippen LogP contribution in [0.5, 0.6) is 0 Å². The van der Waals surface area contributed by atoms with E-state index in [4.69, 9.17) is 0 Å². The first-order valence-corrected chi connectivity index (χ1v) is 3.22. The largest absolute Gasteiger partial charge is 0.248 e. The molecule has 0 aliphatic heterocycles. The zero-order valence-electron chi connectivity index (χ0n) is 5.53. The Morgan fingerprint density at radius 3 is 2.11 bits per heavy atom. The van der Waals surface area contributed by atoms with Crippen molar-refractivity contribution in [1.82, 2.24) is 0 Å². The summed E-state index contributed by atoms with van der Waals surface area (Å²) in [7, 11) is 0. The third kappa shape index (κ3) is 1.41. The van der Waals surface area contributed by atoms with Crippen LogP contribution in [0.25, 0.3) is 0 Å². The van der Waals surface area contributed by atoms with Crippen molar-refractivity contribution >= 4 is 0 Å². The molecule has 0 N–H and O–H groups in total. The van der Waals surface area contributed by atoms with E-state index >= 15 is 0 Å². The standard InChI is InChI=1S/C7H11F2/c1-5(2)6-3-7(8,9)4-6/h5-6H,1,3-4H2,2H3. The van der Waals surface area contributed by atoms with Crippen LogP contribution in [0.4, 0.5) is 8.78 Å². The maximum absolute atomic E-state index is 12.1. The van der Waals surface area contributed by atoms with Crippen LogP contribution in [0.2, 0.25) is 0 Å².